The first-order valence-corrected chi connectivity index (χ1v) is 19.9. The molecule has 0 fully saturated rings. The van der Waals surface area contributed by atoms with Gasteiger partial charge in [0.2, 0.25) is 10.0 Å². The molecule has 3 aromatic carbocycles. The van der Waals surface area contributed by atoms with Gasteiger partial charge in [-0.25, -0.2) is 8.42 Å². The Morgan fingerprint density at radius 1 is 0.688 bits per heavy atom. The number of hydrogen-bond donors (Lipinski definition) is 0. The monoisotopic (exact) mass is 723 g/mol. The number of benzene rings is 3. The minimum atomic E-state index is -4.18. The molecular weight excluding hydrogens is 683 g/mol. The van der Waals surface area contributed by atoms with E-state index in [1.807, 2.05) is 27.7 Å². The third-order valence-corrected chi connectivity index (χ3v) is 8.69. The molecule has 0 heterocycles. The van der Waals surface area contributed by atoms with Crippen LogP contribution in [0.1, 0.15) is 27.7 Å². The largest absolute Gasteiger partial charge is 0.496 e. The average Bonchev–Trinajstić information content (AvgIpc) is 2.95. The van der Waals surface area contributed by atoms with Gasteiger partial charge in [0, 0.05) is 5.56 Å². The fourth-order valence-electron chi connectivity index (χ4n) is 4.53. The minimum absolute atomic E-state index is 0.0157. The van der Waals surface area contributed by atoms with Crippen molar-refractivity contribution >= 4 is 35.9 Å². The molecule has 0 N–H and O–H groups in total. The normalized spacial score (nSPS) is 11.7. The highest BCUT2D eigenvalue weighted by Crippen LogP contribution is 2.52. The topological polar surface area (TPSA) is 152 Å². The third kappa shape index (κ3) is 10.4. The van der Waals surface area contributed by atoms with Crippen molar-refractivity contribution < 1.29 is 47.8 Å². The molecule has 12 nitrogen and oxygen atoms in total. The molecule has 0 unspecified atom stereocenters. The van der Waals surface area contributed by atoms with Crippen molar-refractivity contribution in [1.29, 1.82) is 0 Å². The fraction of sp³-hybridized carbons (Fsp3) is 0.333. The van der Waals surface area contributed by atoms with Crippen LogP contribution in [0.5, 0.6) is 28.7 Å². The maximum Gasteiger partial charge on any atom is 0.306 e. The zero-order valence-corrected chi connectivity index (χ0v) is 30.8. The third-order valence-electron chi connectivity index (χ3n) is 6.57. The van der Waals surface area contributed by atoms with Gasteiger partial charge in [-0.15, -0.1) is 0 Å². The van der Waals surface area contributed by atoms with Crippen molar-refractivity contribution in [1.82, 2.24) is 0 Å². The van der Waals surface area contributed by atoms with E-state index in [9.17, 15) is 25.3 Å². The Balaban J connectivity index is 2.37. The van der Waals surface area contributed by atoms with Gasteiger partial charge >= 0.3 is 20.2 Å². The summed E-state index contributed by atoms with van der Waals surface area (Å²) < 4.78 is 104. The lowest BCUT2D eigenvalue weighted by Gasteiger charge is -2.23. The fourth-order valence-corrected chi connectivity index (χ4v) is 6.29. The molecule has 0 aliphatic heterocycles. The molecule has 0 aromatic heterocycles. The van der Waals surface area contributed by atoms with E-state index >= 15 is 0 Å². The van der Waals surface area contributed by atoms with Crippen molar-refractivity contribution in [3.8, 4) is 51.0 Å². The molecule has 3 aromatic rings. The summed E-state index contributed by atoms with van der Waals surface area (Å²) in [4.78, 5) is 0. The van der Waals surface area contributed by atoms with Crippen molar-refractivity contribution in [3.05, 3.63) is 71.8 Å². The summed E-state index contributed by atoms with van der Waals surface area (Å²) in [7, 11) is -9.18. The second kappa shape index (κ2) is 15.3. The van der Waals surface area contributed by atoms with E-state index in [0.29, 0.717) is 16.8 Å². The molecule has 48 heavy (non-hydrogen) atoms. The van der Waals surface area contributed by atoms with Gasteiger partial charge in [-0.05, 0) is 75.2 Å². The van der Waals surface area contributed by atoms with E-state index in [0.717, 1.165) is 29.9 Å². The number of methoxy groups -OCH3 is 2. The number of sulfonamides is 1. The summed E-state index contributed by atoms with van der Waals surface area (Å²) in [6.45, 7) is 7.73. The van der Waals surface area contributed by atoms with Gasteiger partial charge in [-0.1, -0.05) is 35.4 Å². The van der Waals surface area contributed by atoms with Gasteiger partial charge in [0.25, 0.3) is 0 Å². The molecule has 0 saturated carbocycles. The second-order valence-electron chi connectivity index (χ2n) is 11.3. The maximum atomic E-state index is 12.8. The Bertz CT molecular complexity index is 2040. The van der Waals surface area contributed by atoms with E-state index in [2.05, 4.69) is 0 Å². The predicted molar refractivity (Wildman–Crippen MR) is 188 cm³/mol. The highest BCUT2D eigenvalue weighted by Gasteiger charge is 2.28. The highest BCUT2D eigenvalue weighted by molar-refractivity contribution is 7.92. The van der Waals surface area contributed by atoms with E-state index in [1.165, 1.54) is 30.7 Å². The second-order valence-corrected chi connectivity index (χ2v) is 16.4. The van der Waals surface area contributed by atoms with Gasteiger partial charge in [0.1, 0.15) is 12.4 Å². The number of ether oxygens (including phenoxy) is 3. The lowest BCUT2D eigenvalue weighted by molar-refractivity contribution is 0.347. The maximum absolute atomic E-state index is 12.8. The number of rotatable bonds is 15. The summed E-state index contributed by atoms with van der Waals surface area (Å²) in [5.74, 6) is -0.179. The lowest BCUT2D eigenvalue weighted by Crippen LogP contribution is -2.30. The van der Waals surface area contributed by atoms with Crippen LogP contribution in [0.2, 0.25) is 0 Å². The van der Waals surface area contributed by atoms with Crippen LogP contribution < -0.4 is 26.9 Å². The molecule has 0 aliphatic rings. The zero-order chi connectivity index (χ0) is 36.0. The van der Waals surface area contributed by atoms with Crippen LogP contribution in [-0.2, 0) is 30.3 Å². The van der Waals surface area contributed by atoms with Crippen LogP contribution >= 0.6 is 0 Å². The standard InChI is InChI=1S/C33H41NO11S3/c1-22(2)15-17-34(46(7,35)36)26-12-10-11-24(19-26)27-21-30(41-5)31(33(32(27)42-6)45-48(9,39)40)25-13-14-28(43-18-16-23(3)4)29(20-25)44-47(8,37)38/h10-16,19-21H,17-18H2,1-9H3. The van der Waals surface area contributed by atoms with Gasteiger partial charge in [-0.2, -0.15) is 16.8 Å². The minimum Gasteiger partial charge on any atom is -0.496 e. The average molecular weight is 724 g/mol. The number of hydrogen-bond acceptors (Lipinski definition) is 11. The van der Waals surface area contributed by atoms with Gasteiger partial charge in [0.15, 0.2) is 23.0 Å². The van der Waals surface area contributed by atoms with Crippen LogP contribution in [0.4, 0.5) is 5.69 Å². The van der Waals surface area contributed by atoms with E-state index in [4.69, 9.17) is 22.6 Å². The molecule has 0 atom stereocenters. The molecule has 0 bridgehead atoms. The summed E-state index contributed by atoms with van der Waals surface area (Å²) in [6, 6.07) is 12.6. The number of allylic oxidation sites excluding steroid dienone is 2. The number of anilines is 1. The summed E-state index contributed by atoms with van der Waals surface area (Å²) in [5, 5.41) is 0. The van der Waals surface area contributed by atoms with Crippen LogP contribution in [0.15, 0.2) is 71.8 Å². The Morgan fingerprint density at radius 2 is 1.33 bits per heavy atom. The zero-order valence-electron chi connectivity index (χ0n) is 28.4. The van der Waals surface area contributed by atoms with Gasteiger partial charge in [-0.3, -0.25) is 4.31 Å². The predicted octanol–water partition coefficient (Wildman–Crippen LogP) is 5.79. The smallest absolute Gasteiger partial charge is 0.306 e. The Morgan fingerprint density at radius 3 is 1.88 bits per heavy atom. The highest BCUT2D eigenvalue weighted by atomic mass is 32.2. The number of nitrogens with zero attached hydrogens (tertiary/aromatic N) is 1. The van der Waals surface area contributed by atoms with Crippen LogP contribution in [0.3, 0.4) is 0 Å². The Labute approximate surface area is 283 Å². The SMILES string of the molecule is COc1cc(-c2cccc(N(CC=C(C)C)S(C)(=O)=O)c2)c(OC)c(OS(C)(=O)=O)c1-c1ccc(OCC=C(C)C)c(OS(C)(=O)=O)c1. The van der Waals surface area contributed by atoms with Crippen LogP contribution in [0.25, 0.3) is 22.3 Å². The molecule has 262 valence electrons. The van der Waals surface area contributed by atoms with E-state index in [-0.39, 0.29) is 53.0 Å². The summed E-state index contributed by atoms with van der Waals surface area (Å²) in [5.41, 5.74) is 3.42. The van der Waals surface area contributed by atoms with Crippen LogP contribution in [-0.4, -0.2) is 71.4 Å². The molecule has 3 rings (SSSR count). The molecule has 15 heteroatoms. The molecule has 0 aliphatic carbocycles. The Kier molecular flexibility index (Phi) is 12.2. The first-order valence-electron chi connectivity index (χ1n) is 14.4. The summed E-state index contributed by atoms with van der Waals surface area (Å²) >= 11 is 0. The lowest BCUT2D eigenvalue weighted by atomic mass is 9.96. The van der Waals surface area contributed by atoms with Crippen molar-refractivity contribution in [2.75, 3.05) is 50.4 Å². The molecule has 0 amide bonds. The first-order chi connectivity index (χ1) is 22.2. The van der Waals surface area contributed by atoms with Gasteiger partial charge in [0.05, 0.1) is 50.8 Å². The molecular formula is C33H41NO11S3. The van der Waals surface area contributed by atoms with Crippen molar-refractivity contribution in [3.63, 3.8) is 0 Å². The molecule has 0 spiro atoms. The van der Waals surface area contributed by atoms with Crippen molar-refractivity contribution in [2.24, 2.45) is 0 Å². The van der Waals surface area contributed by atoms with Crippen LogP contribution in [0, 0.1) is 0 Å². The first kappa shape index (κ1) is 38.2. The molecule has 0 radical (unpaired) electrons. The Hall–Kier alpha value is -4.21. The van der Waals surface area contributed by atoms with Gasteiger partial charge < -0.3 is 22.6 Å². The van der Waals surface area contributed by atoms with E-state index in [1.54, 1.807) is 48.6 Å². The molecule has 0 saturated heterocycles. The quantitative estimate of drug-likeness (QED) is 0.138. The summed E-state index contributed by atoms with van der Waals surface area (Å²) in [6.07, 6.45) is 6.43. The van der Waals surface area contributed by atoms with E-state index < -0.39 is 30.3 Å². The van der Waals surface area contributed by atoms with Crippen molar-refractivity contribution in [2.45, 2.75) is 27.7 Å².